The lowest BCUT2D eigenvalue weighted by Crippen LogP contribution is -2.11. The van der Waals surface area contributed by atoms with Gasteiger partial charge in [0, 0.05) is 19.6 Å². The molecule has 1 aromatic heterocycles. The van der Waals surface area contributed by atoms with Crippen LogP contribution >= 0.6 is 0 Å². The molecule has 2 N–H and O–H groups in total. The maximum absolute atomic E-state index is 12.7. The minimum Gasteiger partial charge on any atom is -0.375 e. The van der Waals surface area contributed by atoms with Crippen LogP contribution in [0.2, 0.25) is 0 Å². The Kier molecular flexibility index (Phi) is 4.10. The highest BCUT2D eigenvalue weighted by atomic mass is 19.4. The van der Waals surface area contributed by atoms with Gasteiger partial charge in [0.25, 0.3) is 0 Å². The van der Waals surface area contributed by atoms with Crippen LogP contribution in [0.1, 0.15) is 22.4 Å². The predicted molar refractivity (Wildman–Crippen MR) is 80.2 cm³/mol. The van der Waals surface area contributed by atoms with E-state index < -0.39 is 22.5 Å². The molecule has 1 aliphatic rings. The number of halogens is 3. The maximum atomic E-state index is 12.7. The third-order valence-corrected chi connectivity index (χ3v) is 3.75. The van der Waals surface area contributed by atoms with Crippen molar-refractivity contribution in [1.29, 1.82) is 0 Å². The Morgan fingerprint density at radius 1 is 1.25 bits per heavy atom. The van der Waals surface area contributed by atoms with E-state index in [0.717, 1.165) is 24.2 Å². The lowest BCUT2D eigenvalue weighted by molar-refractivity contribution is -0.384. The Labute approximate surface area is 134 Å². The zero-order chi connectivity index (χ0) is 17.3. The molecular weight excluding hydrogens is 325 g/mol. The molecular formula is C15H13F3N4O2. The molecule has 0 fully saturated rings. The first-order valence-electron chi connectivity index (χ1n) is 7.11. The lowest BCUT2D eigenvalue weighted by atomic mass is 10.1. The minimum absolute atomic E-state index is 0.176. The molecule has 24 heavy (non-hydrogen) atoms. The van der Waals surface area contributed by atoms with E-state index in [9.17, 15) is 23.3 Å². The molecule has 9 heteroatoms. The first-order valence-corrected chi connectivity index (χ1v) is 7.11. The number of hydrogen-bond acceptors (Lipinski definition) is 5. The van der Waals surface area contributed by atoms with Gasteiger partial charge in [-0.2, -0.15) is 13.2 Å². The van der Waals surface area contributed by atoms with Gasteiger partial charge in [0.05, 0.1) is 4.92 Å². The summed E-state index contributed by atoms with van der Waals surface area (Å²) in [4.78, 5) is 13.3. The second-order valence-corrected chi connectivity index (χ2v) is 5.40. The second kappa shape index (κ2) is 6.08. The van der Waals surface area contributed by atoms with Crippen LogP contribution < -0.4 is 10.6 Å². The standard InChI is InChI=1S/C15H13F3N4O2/c16-15(17,18)14-4-12(13(8-21-14)22(23)24)20-5-9-1-2-10-6-19-7-11(10)3-9/h1-4,8,19H,5-7H2,(H,20,21). The number of pyridine rings is 1. The van der Waals surface area contributed by atoms with Crippen molar-refractivity contribution >= 4 is 11.4 Å². The van der Waals surface area contributed by atoms with Gasteiger partial charge in [-0.3, -0.25) is 10.1 Å². The van der Waals surface area contributed by atoms with Crippen molar-refractivity contribution in [1.82, 2.24) is 10.3 Å². The van der Waals surface area contributed by atoms with E-state index in [1.807, 2.05) is 18.2 Å². The van der Waals surface area contributed by atoms with E-state index in [4.69, 9.17) is 0 Å². The van der Waals surface area contributed by atoms with Crippen molar-refractivity contribution in [3.8, 4) is 0 Å². The van der Waals surface area contributed by atoms with Crippen molar-refractivity contribution < 1.29 is 18.1 Å². The summed E-state index contributed by atoms with van der Waals surface area (Å²) in [5.41, 5.74) is 1.25. The van der Waals surface area contributed by atoms with Crippen LogP contribution in [0.5, 0.6) is 0 Å². The summed E-state index contributed by atoms with van der Waals surface area (Å²) in [6, 6.07) is 6.37. The van der Waals surface area contributed by atoms with E-state index >= 15 is 0 Å². The third kappa shape index (κ3) is 3.30. The SMILES string of the molecule is O=[N+]([O-])c1cnc(C(F)(F)F)cc1NCc1ccc2c(c1)CNC2. The summed E-state index contributed by atoms with van der Waals surface area (Å²) in [6.45, 7) is 1.69. The van der Waals surface area contributed by atoms with Crippen LogP contribution in [0.4, 0.5) is 24.5 Å². The Morgan fingerprint density at radius 3 is 2.71 bits per heavy atom. The molecule has 0 amide bonds. The molecule has 2 heterocycles. The molecule has 0 saturated carbocycles. The van der Waals surface area contributed by atoms with Crippen LogP contribution in [-0.2, 0) is 25.8 Å². The van der Waals surface area contributed by atoms with Crippen molar-refractivity contribution in [2.45, 2.75) is 25.8 Å². The molecule has 0 atom stereocenters. The maximum Gasteiger partial charge on any atom is 0.433 e. The lowest BCUT2D eigenvalue weighted by Gasteiger charge is -2.11. The highest BCUT2D eigenvalue weighted by Gasteiger charge is 2.34. The summed E-state index contributed by atoms with van der Waals surface area (Å²) in [7, 11) is 0. The van der Waals surface area contributed by atoms with Gasteiger partial charge in [-0.1, -0.05) is 18.2 Å². The second-order valence-electron chi connectivity index (χ2n) is 5.40. The van der Waals surface area contributed by atoms with Crippen molar-refractivity contribution in [3.05, 3.63) is 63.0 Å². The van der Waals surface area contributed by atoms with Gasteiger partial charge in [-0.25, -0.2) is 4.98 Å². The number of hydrogen-bond donors (Lipinski definition) is 2. The minimum atomic E-state index is -4.66. The third-order valence-electron chi connectivity index (χ3n) is 3.75. The quantitative estimate of drug-likeness (QED) is 0.661. The van der Waals surface area contributed by atoms with Crippen molar-refractivity contribution in [2.24, 2.45) is 0 Å². The van der Waals surface area contributed by atoms with E-state index in [1.165, 1.54) is 5.56 Å². The Hall–Kier alpha value is -2.68. The molecule has 0 radical (unpaired) electrons. The number of alkyl halides is 3. The number of nitrogens with one attached hydrogen (secondary N) is 2. The number of benzene rings is 1. The Balaban J connectivity index is 1.84. The highest BCUT2D eigenvalue weighted by Crippen LogP contribution is 2.33. The Bertz CT molecular complexity index is 793. The van der Waals surface area contributed by atoms with Gasteiger partial charge in [-0.15, -0.1) is 0 Å². The average Bonchev–Trinajstić information content (AvgIpc) is 2.99. The number of nitrogens with zero attached hydrogens (tertiary/aromatic N) is 2. The van der Waals surface area contributed by atoms with Crippen LogP contribution in [0, 0.1) is 10.1 Å². The van der Waals surface area contributed by atoms with Crippen molar-refractivity contribution in [2.75, 3.05) is 5.32 Å². The van der Waals surface area contributed by atoms with E-state index in [0.29, 0.717) is 12.3 Å². The fourth-order valence-electron chi connectivity index (χ4n) is 2.55. The monoisotopic (exact) mass is 338 g/mol. The largest absolute Gasteiger partial charge is 0.433 e. The smallest absolute Gasteiger partial charge is 0.375 e. The van der Waals surface area contributed by atoms with Gasteiger partial charge in [-0.05, 0) is 22.8 Å². The van der Waals surface area contributed by atoms with Gasteiger partial charge in [0.1, 0.15) is 17.6 Å². The topological polar surface area (TPSA) is 80.1 Å². The van der Waals surface area contributed by atoms with E-state index in [-0.39, 0.29) is 12.2 Å². The molecule has 1 aliphatic heterocycles. The summed E-state index contributed by atoms with van der Waals surface area (Å²) in [6.07, 6.45) is -4.04. The summed E-state index contributed by atoms with van der Waals surface area (Å²) in [5, 5.41) is 16.9. The van der Waals surface area contributed by atoms with E-state index in [1.54, 1.807) is 0 Å². The number of aromatic nitrogens is 1. The van der Waals surface area contributed by atoms with Gasteiger partial charge >= 0.3 is 11.9 Å². The predicted octanol–water partition coefficient (Wildman–Crippen LogP) is 3.22. The molecule has 126 valence electrons. The summed E-state index contributed by atoms with van der Waals surface area (Å²) in [5.74, 6) is 0. The molecule has 2 aromatic rings. The zero-order valence-corrected chi connectivity index (χ0v) is 12.4. The van der Waals surface area contributed by atoms with Crippen LogP contribution in [0.3, 0.4) is 0 Å². The first kappa shape index (κ1) is 16.2. The normalized spacial score (nSPS) is 13.6. The molecule has 0 unspecified atom stereocenters. The highest BCUT2D eigenvalue weighted by molar-refractivity contribution is 5.61. The van der Waals surface area contributed by atoms with Gasteiger partial charge in [0.15, 0.2) is 0 Å². The number of fused-ring (bicyclic) bond motifs is 1. The number of rotatable bonds is 4. The van der Waals surface area contributed by atoms with Gasteiger partial charge < -0.3 is 10.6 Å². The molecule has 6 nitrogen and oxygen atoms in total. The first-order chi connectivity index (χ1) is 11.3. The van der Waals surface area contributed by atoms with Crippen LogP contribution in [0.15, 0.2) is 30.5 Å². The number of anilines is 1. The molecule has 3 rings (SSSR count). The van der Waals surface area contributed by atoms with E-state index in [2.05, 4.69) is 15.6 Å². The summed E-state index contributed by atoms with van der Waals surface area (Å²) < 4.78 is 38.2. The fourth-order valence-corrected chi connectivity index (χ4v) is 2.55. The van der Waals surface area contributed by atoms with Crippen LogP contribution in [-0.4, -0.2) is 9.91 Å². The fraction of sp³-hybridized carbons (Fsp3) is 0.267. The molecule has 0 spiro atoms. The molecule has 0 aliphatic carbocycles. The van der Waals surface area contributed by atoms with Crippen molar-refractivity contribution in [3.63, 3.8) is 0 Å². The van der Waals surface area contributed by atoms with Gasteiger partial charge in [0.2, 0.25) is 0 Å². The summed E-state index contributed by atoms with van der Waals surface area (Å²) >= 11 is 0. The Morgan fingerprint density at radius 2 is 2.00 bits per heavy atom. The molecule has 0 bridgehead atoms. The number of nitro groups is 1. The molecule has 1 aromatic carbocycles. The zero-order valence-electron chi connectivity index (χ0n) is 12.4. The van der Waals surface area contributed by atoms with Crippen LogP contribution in [0.25, 0.3) is 0 Å². The molecule has 0 saturated heterocycles. The average molecular weight is 338 g/mol.